The van der Waals surface area contributed by atoms with Gasteiger partial charge in [0.2, 0.25) is 0 Å². The van der Waals surface area contributed by atoms with E-state index in [4.69, 9.17) is 5.73 Å². The Labute approximate surface area is 131 Å². The fourth-order valence-electron chi connectivity index (χ4n) is 2.09. The minimum absolute atomic E-state index is 0.205. The lowest BCUT2D eigenvalue weighted by atomic mass is 10.1. The minimum atomic E-state index is -0.205. The van der Waals surface area contributed by atoms with Gasteiger partial charge in [0.05, 0.1) is 11.4 Å². The van der Waals surface area contributed by atoms with Crippen LogP contribution < -0.4 is 11.1 Å². The summed E-state index contributed by atoms with van der Waals surface area (Å²) in [5.41, 5.74) is 8.27. The molecule has 0 fully saturated rings. The molecule has 1 amide bonds. The van der Waals surface area contributed by atoms with Crippen molar-refractivity contribution in [2.75, 3.05) is 12.3 Å². The van der Waals surface area contributed by atoms with E-state index in [1.807, 2.05) is 24.3 Å². The third kappa shape index (κ3) is 2.56. The molecule has 0 aromatic carbocycles. The van der Waals surface area contributed by atoms with E-state index in [-0.39, 0.29) is 5.91 Å². The molecule has 5 nitrogen and oxygen atoms in total. The molecule has 110 valence electrons. The normalized spacial score (nSPS) is 10.5. The zero-order valence-corrected chi connectivity index (χ0v) is 12.6. The molecule has 0 aliphatic heterocycles. The number of nitrogens with zero attached hydrogens (tertiary/aromatic N) is 2. The van der Waals surface area contributed by atoms with Gasteiger partial charge in [0.15, 0.2) is 0 Å². The predicted molar refractivity (Wildman–Crippen MR) is 89.8 cm³/mol. The van der Waals surface area contributed by atoms with Crippen LogP contribution >= 0.6 is 11.3 Å². The van der Waals surface area contributed by atoms with Crippen LogP contribution in [-0.2, 0) is 0 Å². The minimum Gasteiger partial charge on any atom is -0.397 e. The van der Waals surface area contributed by atoms with Gasteiger partial charge in [0.25, 0.3) is 5.91 Å². The molecule has 0 unspecified atom stereocenters. The molecule has 3 heterocycles. The number of hydrogen-bond acceptors (Lipinski definition) is 5. The fraction of sp³-hybridized carbons (Fsp3) is 0.0625. The van der Waals surface area contributed by atoms with Gasteiger partial charge in [-0.1, -0.05) is 6.08 Å². The molecular formula is C16H14N4OS. The maximum atomic E-state index is 12.1. The Bertz CT molecular complexity index is 842. The third-order valence-electron chi connectivity index (χ3n) is 3.16. The van der Waals surface area contributed by atoms with Gasteiger partial charge in [-0.05, 0) is 24.3 Å². The van der Waals surface area contributed by atoms with Crippen LogP contribution in [0.5, 0.6) is 0 Å². The number of anilines is 1. The van der Waals surface area contributed by atoms with Gasteiger partial charge in [0, 0.05) is 29.9 Å². The molecular weight excluding hydrogens is 296 g/mol. The Balaban J connectivity index is 2.03. The number of aromatic nitrogens is 2. The zero-order valence-electron chi connectivity index (χ0n) is 11.7. The van der Waals surface area contributed by atoms with Gasteiger partial charge in [-0.25, -0.2) is 4.98 Å². The Kier molecular flexibility index (Phi) is 3.84. The molecule has 0 aliphatic carbocycles. The summed E-state index contributed by atoms with van der Waals surface area (Å²) >= 11 is 1.29. The Morgan fingerprint density at radius 2 is 2.27 bits per heavy atom. The number of fused-ring (bicyclic) bond motifs is 1. The number of thiophene rings is 1. The SMILES string of the molecule is C=CCNC(=O)c1sc2nc(-c3cccnc3)ccc2c1N. The second-order valence-corrected chi connectivity index (χ2v) is 5.63. The van der Waals surface area contributed by atoms with Crippen LogP contribution in [0.15, 0.2) is 49.3 Å². The van der Waals surface area contributed by atoms with E-state index in [0.29, 0.717) is 17.1 Å². The lowest BCUT2D eigenvalue weighted by Crippen LogP contribution is -2.22. The highest BCUT2D eigenvalue weighted by molar-refractivity contribution is 7.21. The molecule has 0 saturated carbocycles. The van der Waals surface area contributed by atoms with E-state index in [0.717, 1.165) is 21.5 Å². The first-order valence-electron chi connectivity index (χ1n) is 6.69. The highest BCUT2D eigenvalue weighted by Crippen LogP contribution is 2.33. The van der Waals surface area contributed by atoms with Crippen molar-refractivity contribution in [3.05, 3.63) is 54.2 Å². The lowest BCUT2D eigenvalue weighted by molar-refractivity contribution is 0.0963. The second-order valence-electron chi connectivity index (χ2n) is 4.63. The van der Waals surface area contributed by atoms with Gasteiger partial charge < -0.3 is 11.1 Å². The van der Waals surface area contributed by atoms with Gasteiger partial charge in [0.1, 0.15) is 9.71 Å². The van der Waals surface area contributed by atoms with Crippen molar-refractivity contribution in [1.29, 1.82) is 0 Å². The standard InChI is InChI=1S/C16H14N4OS/c1-2-7-19-15(21)14-13(17)11-5-6-12(20-16(11)22-14)10-4-3-8-18-9-10/h2-6,8-9H,1,7,17H2,(H,19,21). The topological polar surface area (TPSA) is 80.9 Å². The first-order valence-corrected chi connectivity index (χ1v) is 7.51. The van der Waals surface area contributed by atoms with Crippen molar-refractivity contribution in [3.63, 3.8) is 0 Å². The molecule has 3 aromatic rings. The molecule has 0 radical (unpaired) electrons. The number of amides is 1. The van der Waals surface area contributed by atoms with Crippen LogP contribution in [-0.4, -0.2) is 22.4 Å². The summed E-state index contributed by atoms with van der Waals surface area (Å²) in [7, 11) is 0. The van der Waals surface area contributed by atoms with Crippen molar-refractivity contribution in [1.82, 2.24) is 15.3 Å². The van der Waals surface area contributed by atoms with Crippen LogP contribution in [0.3, 0.4) is 0 Å². The number of carbonyl (C=O) groups is 1. The number of nitrogen functional groups attached to an aromatic ring is 1. The van der Waals surface area contributed by atoms with E-state index in [9.17, 15) is 4.79 Å². The quantitative estimate of drug-likeness (QED) is 0.726. The molecule has 3 N–H and O–H groups in total. The number of carbonyl (C=O) groups excluding carboxylic acids is 1. The summed E-state index contributed by atoms with van der Waals surface area (Å²) in [4.78, 5) is 22.0. The average molecular weight is 310 g/mol. The van der Waals surface area contributed by atoms with Crippen molar-refractivity contribution < 1.29 is 4.79 Å². The van der Waals surface area contributed by atoms with Crippen molar-refractivity contribution >= 4 is 33.1 Å². The van der Waals surface area contributed by atoms with Gasteiger partial charge in [-0.2, -0.15) is 0 Å². The number of pyridine rings is 2. The second kappa shape index (κ2) is 5.95. The van der Waals surface area contributed by atoms with E-state index >= 15 is 0 Å². The smallest absolute Gasteiger partial charge is 0.263 e. The Hall–Kier alpha value is -2.73. The van der Waals surface area contributed by atoms with Gasteiger partial charge in [-0.15, -0.1) is 17.9 Å². The number of nitrogens with two attached hydrogens (primary N) is 1. The Morgan fingerprint density at radius 3 is 3.00 bits per heavy atom. The lowest BCUT2D eigenvalue weighted by Gasteiger charge is -2.00. The first-order chi connectivity index (χ1) is 10.7. The molecule has 0 atom stereocenters. The van der Waals surface area contributed by atoms with Crippen molar-refractivity contribution in [2.24, 2.45) is 0 Å². The summed E-state index contributed by atoms with van der Waals surface area (Å²) in [6.45, 7) is 3.98. The van der Waals surface area contributed by atoms with Crippen LogP contribution in [0.1, 0.15) is 9.67 Å². The van der Waals surface area contributed by atoms with Crippen molar-refractivity contribution in [2.45, 2.75) is 0 Å². The molecule has 0 saturated heterocycles. The average Bonchev–Trinajstić information content (AvgIpc) is 2.90. The van der Waals surface area contributed by atoms with Crippen LogP contribution in [0.25, 0.3) is 21.5 Å². The van der Waals surface area contributed by atoms with Crippen molar-refractivity contribution in [3.8, 4) is 11.3 Å². The molecule has 3 aromatic heterocycles. The summed E-state index contributed by atoms with van der Waals surface area (Å²) in [6.07, 6.45) is 5.09. The summed E-state index contributed by atoms with van der Waals surface area (Å²) in [5, 5.41) is 3.53. The van der Waals surface area contributed by atoms with Gasteiger partial charge >= 0.3 is 0 Å². The monoisotopic (exact) mass is 310 g/mol. The van der Waals surface area contributed by atoms with Crippen LogP contribution in [0.2, 0.25) is 0 Å². The summed E-state index contributed by atoms with van der Waals surface area (Å²) in [6, 6.07) is 7.57. The van der Waals surface area contributed by atoms with E-state index in [2.05, 4.69) is 21.9 Å². The first kappa shape index (κ1) is 14.2. The number of nitrogens with one attached hydrogen (secondary N) is 1. The summed E-state index contributed by atoms with van der Waals surface area (Å²) in [5.74, 6) is -0.205. The maximum Gasteiger partial charge on any atom is 0.263 e. The zero-order chi connectivity index (χ0) is 15.5. The van der Waals surface area contributed by atoms with Gasteiger partial charge in [-0.3, -0.25) is 9.78 Å². The summed E-state index contributed by atoms with van der Waals surface area (Å²) < 4.78 is 0. The van der Waals surface area contributed by atoms with Crippen LogP contribution in [0, 0.1) is 0 Å². The van der Waals surface area contributed by atoms with E-state index in [1.54, 1.807) is 18.5 Å². The van der Waals surface area contributed by atoms with Crippen LogP contribution in [0.4, 0.5) is 5.69 Å². The maximum absolute atomic E-state index is 12.1. The largest absolute Gasteiger partial charge is 0.397 e. The molecule has 6 heteroatoms. The molecule has 0 aliphatic rings. The number of rotatable bonds is 4. The fourth-order valence-corrected chi connectivity index (χ4v) is 3.10. The predicted octanol–water partition coefficient (Wildman–Crippen LogP) is 2.86. The Morgan fingerprint density at radius 1 is 1.41 bits per heavy atom. The number of hydrogen-bond donors (Lipinski definition) is 2. The molecule has 0 bridgehead atoms. The molecule has 0 spiro atoms. The highest BCUT2D eigenvalue weighted by atomic mass is 32.1. The third-order valence-corrected chi connectivity index (χ3v) is 4.28. The van der Waals surface area contributed by atoms with E-state index < -0.39 is 0 Å². The molecule has 3 rings (SSSR count). The highest BCUT2D eigenvalue weighted by Gasteiger charge is 2.17. The molecule has 22 heavy (non-hydrogen) atoms. The van der Waals surface area contributed by atoms with E-state index in [1.165, 1.54) is 11.3 Å².